The first-order valence-corrected chi connectivity index (χ1v) is 10.3. The molecular weight excluding hydrogens is 348 g/mol. The molecule has 4 nitrogen and oxygen atoms in total. The Kier molecular flexibility index (Phi) is 6.85. The second-order valence-electron chi connectivity index (χ2n) is 7.82. The number of carbonyl (C=O) groups is 2. The molecule has 0 unspecified atom stereocenters. The van der Waals surface area contributed by atoms with E-state index in [0.717, 1.165) is 24.9 Å². The summed E-state index contributed by atoms with van der Waals surface area (Å²) in [5.74, 6) is 0.0455. The third-order valence-electron chi connectivity index (χ3n) is 5.58. The van der Waals surface area contributed by atoms with Gasteiger partial charge in [0.15, 0.2) is 0 Å². The number of nitrogens with one attached hydrogen (secondary N) is 1. The van der Waals surface area contributed by atoms with Crippen molar-refractivity contribution in [1.29, 1.82) is 0 Å². The summed E-state index contributed by atoms with van der Waals surface area (Å²) in [5.41, 5.74) is 3.77. The van der Waals surface area contributed by atoms with Gasteiger partial charge in [0.05, 0.1) is 0 Å². The highest BCUT2D eigenvalue weighted by Gasteiger charge is 2.22. The number of nitrogens with zero attached hydrogens (tertiary/aromatic N) is 1. The summed E-state index contributed by atoms with van der Waals surface area (Å²) < 4.78 is 0. The third kappa shape index (κ3) is 5.44. The van der Waals surface area contributed by atoms with Crippen molar-refractivity contribution in [3.8, 4) is 0 Å². The van der Waals surface area contributed by atoms with Gasteiger partial charge in [-0.3, -0.25) is 9.59 Å². The third-order valence-corrected chi connectivity index (χ3v) is 5.58. The number of benzene rings is 2. The number of rotatable bonds is 6. The number of carbonyl (C=O) groups excluding carboxylic acids is 2. The normalized spacial score (nSPS) is 14.5. The van der Waals surface area contributed by atoms with E-state index in [1.807, 2.05) is 36.2 Å². The van der Waals surface area contributed by atoms with E-state index in [1.54, 1.807) is 12.1 Å². The second-order valence-corrected chi connectivity index (χ2v) is 7.82. The maximum absolute atomic E-state index is 12.7. The lowest BCUT2D eigenvalue weighted by atomic mass is 9.94. The lowest BCUT2D eigenvalue weighted by molar-refractivity contribution is -0.116. The lowest BCUT2D eigenvalue weighted by Crippen LogP contribution is -2.38. The summed E-state index contributed by atoms with van der Waals surface area (Å²) in [6, 6.07) is 15.8. The zero-order valence-electron chi connectivity index (χ0n) is 16.9. The van der Waals surface area contributed by atoms with Gasteiger partial charge >= 0.3 is 0 Å². The molecule has 0 atom stereocenters. The SMILES string of the molecule is Cc1cccc(CCC(=O)Nc2ccc(C(=O)N(C)C3CCCCC3)cc2)c1. The van der Waals surface area contributed by atoms with Gasteiger partial charge < -0.3 is 10.2 Å². The van der Waals surface area contributed by atoms with Crippen molar-refractivity contribution in [3.05, 3.63) is 65.2 Å². The zero-order chi connectivity index (χ0) is 19.9. The highest BCUT2D eigenvalue weighted by Crippen LogP contribution is 2.23. The fourth-order valence-corrected chi connectivity index (χ4v) is 3.88. The summed E-state index contributed by atoms with van der Waals surface area (Å²) in [6.45, 7) is 2.05. The van der Waals surface area contributed by atoms with E-state index >= 15 is 0 Å². The van der Waals surface area contributed by atoms with Gasteiger partial charge in [-0.05, 0) is 56.0 Å². The van der Waals surface area contributed by atoms with Crippen LogP contribution in [0.1, 0.15) is 60.0 Å². The van der Waals surface area contributed by atoms with Crippen LogP contribution in [0.5, 0.6) is 0 Å². The van der Waals surface area contributed by atoms with Crippen LogP contribution in [0.2, 0.25) is 0 Å². The molecule has 1 N–H and O–H groups in total. The number of anilines is 1. The molecule has 0 radical (unpaired) electrons. The van der Waals surface area contributed by atoms with E-state index in [1.165, 1.54) is 30.4 Å². The molecule has 2 amide bonds. The maximum atomic E-state index is 12.7. The molecule has 0 heterocycles. The zero-order valence-corrected chi connectivity index (χ0v) is 16.9. The van der Waals surface area contributed by atoms with Gasteiger partial charge in [0.2, 0.25) is 5.91 Å². The topological polar surface area (TPSA) is 49.4 Å². The Morgan fingerprint density at radius 3 is 2.43 bits per heavy atom. The molecule has 0 aliphatic heterocycles. The van der Waals surface area contributed by atoms with E-state index in [9.17, 15) is 9.59 Å². The van der Waals surface area contributed by atoms with Crippen molar-refractivity contribution in [2.45, 2.75) is 57.9 Å². The predicted molar refractivity (Wildman–Crippen MR) is 114 cm³/mol. The van der Waals surface area contributed by atoms with Crippen LogP contribution in [-0.4, -0.2) is 29.8 Å². The van der Waals surface area contributed by atoms with Crippen molar-refractivity contribution in [2.24, 2.45) is 0 Å². The highest BCUT2D eigenvalue weighted by molar-refractivity contribution is 5.95. The van der Waals surface area contributed by atoms with Crippen LogP contribution in [-0.2, 0) is 11.2 Å². The first-order valence-electron chi connectivity index (χ1n) is 10.3. The van der Waals surface area contributed by atoms with E-state index in [4.69, 9.17) is 0 Å². The van der Waals surface area contributed by atoms with Gasteiger partial charge in [-0.15, -0.1) is 0 Å². The minimum Gasteiger partial charge on any atom is -0.339 e. The lowest BCUT2D eigenvalue weighted by Gasteiger charge is -2.31. The van der Waals surface area contributed by atoms with Crippen LogP contribution in [0.4, 0.5) is 5.69 Å². The number of hydrogen-bond acceptors (Lipinski definition) is 2. The van der Waals surface area contributed by atoms with E-state index < -0.39 is 0 Å². The molecule has 2 aromatic carbocycles. The van der Waals surface area contributed by atoms with E-state index in [-0.39, 0.29) is 11.8 Å². The minimum atomic E-state index is -0.0140. The monoisotopic (exact) mass is 378 g/mol. The summed E-state index contributed by atoms with van der Waals surface area (Å²) in [5, 5.41) is 2.92. The van der Waals surface area contributed by atoms with E-state index in [0.29, 0.717) is 18.0 Å². The van der Waals surface area contributed by atoms with Crippen LogP contribution in [0, 0.1) is 6.92 Å². The minimum absolute atomic E-state index is 0.0140. The molecule has 1 fully saturated rings. The van der Waals surface area contributed by atoms with Crippen molar-refractivity contribution in [2.75, 3.05) is 12.4 Å². The highest BCUT2D eigenvalue weighted by atomic mass is 16.2. The van der Waals surface area contributed by atoms with Crippen LogP contribution in [0.15, 0.2) is 48.5 Å². The molecule has 3 rings (SSSR count). The van der Waals surface area contributed by atoms with Crippen molar-refractivity contribution in [3.63, 3.8) is 0 Å². The summed E-state index contributed by atoms with van der Waals surface area (Å²) in [7, 11) is 1.90. The fourth-order valence-electron chi connectivity index (χ4n) is 3.88. The second kappa shape index (κ2) is 9.54. The Morgan fingerprint density at radius 1 is 1.04 bits per heavy atom. The molecule has 28 heavy (non-hydrogen) atoms. The average Bonchev–Trinajstić information content (AvgIpc) is 2.72. The van der Waals surface area contributed by atoms with Gasteiger partial charge in [-0.2, -0.15) is 0 Å². The smallest absolute Gasteiger partial charge is 0.253 e. The Hall–Kier alpha value is -2.62. The maximum Gasteiger partial charge on any atom is 0.253 e. The molecule has 0 bridgehead atoms. The Bertz CT molecular complexity index is 808. The van der Waals surface area contributed by atoms with Crippen LogP contribution < -0.4 is 5.32 Å². The van der Waals surface area contributed by atoms with Gasteiger partial charge in [0.25, 0.3) is 5.91 Å². The number of aryl methyl sites for hydroxylation is 2. The molecule has 148 valence electrons. The van der Waals surface area contributed by atoms with Crippen LogP contribution >= 0.6 is 0 Å². The average molecular weight is 379 g/mol. The first-order chi connectivity index (χ1) is 13.5. The van der Waals surface area contributed by atoms with Crippen LogP contribution in [0.3, 0.4) is 0 Å². The van der Waals surface area contributed by atoms with E-state index in [2.05, 4.69) is 24.4 Å². The van der Waals surface area contributed by atoms with Gasteiger partial charge in [-0.1, -0.05) is 49.1 Å². The summed E-state index contributed by atoms with van der Waals surface area (Å²) in [4.78, 5) is 26.8. The van der Waals surface area contributed by atoms with Crippen molar-refractivity contribution >= 4 is 17.5 Å². The molecular formula is C24H30N2O2. The predicted octanol–water partition coefficient (Wildman–Crippen LogP) is 4.97. The molecule has 0 spiro atoms. The molecule has 1 aliphatic carbocycles. The van der Waals surface area contributed by atoms with Crippen molar-refractivity contribution < 1.29 is 9.59 Å². The van der Waals surface area contributed by atoms with Gasteiger partial charge in [-0.25, -0.2) is 0 Å². The quantitative estimate of drug-likeness (QED) is 0.771. The molecule has 4 heteroatoms. The number of hydrogen-bond donors (Lipinski definition) is 1. The fraction of sp³-hybridized carbons (Fsp3) is 0.417. The Labute approximate surface area is 167 Å². The van der Waals surface area contributed by atoms with Crippen LogP contribution in [0.25, 0.3) is 0 Å². The number of amides is 2. The van der Waals surface area contributed by atoms with Crippen molar-refractivity contribution in [1.82, 2.24) is 4.90 Å². The standard InChI is InChI=1S/C24H30N2O2/c1-18-7-6-8-19(17-18)11-16-23(27)25-21-14-12-20(13-15-21)24(28)26(2)22-9-4-3-5-10-22/h6-8,12-15,17,22H,3-5,9-11,16H2,1-2H3,(H,25,27). The molecule has 2 aromatic rings. The first kappa shape index (κ1) is 20.1. The Morgan fingerprint density at radius 2 is 1.75 bits per heavy atom. The molecule has 1 aliphatic rings. The largest absolute Gasteiger partial charge is 0.339 e. The molecule has 1 saturated carbocycles. The van der Waals surface area contributed by atoms with Gasteiger partial charge in [0, 0.05) is 30.8 Å². The summed E-state index contributed by atoms with van der Waals surface area (Å²) >= 11 is 0. The Balaban J connectivity index is 1.52. The molecule has 0 aromatic heterocycles. The summed E-state index contributed by atoms with van der Waals surface area (Å²) in [6.07, 6.45) is 7.03. The molecule has 0 saturated heterocycles. The van der Waals surface area contributed by atoms with Gasteiger partial charge in [0.1, 0.15) is 0 Å².